The Morgan fingerprint density at radius 3 is 2.85 bits per heavy atom. The van der Waals surface area contributed by atoms with E-state index >= 15 is 0 Å². The highest BCUT2D eigenvalue weighted by Crippen LogP contribution is 2.23. The van der Waals surface area contributed by atoms with Crippen LogP contribution in [0.4, 0.5) is 0 Å². The van der Waals surface area contributed by atoms with Crippen LogP contribution in [0.1, 0.15) is 12.8 Å². The van der Waals surface area contributed by atoms with E-state index < -0.39 is 0 Å². The molecule has 1 aliphatic rings. The van der Waals surface area contributed by atoms with E-state index in [0.29, 0.717) is 12.3 Å². The van der Waals surface area contributed by atoms with Gasteiger partial charge >= 0.3 is 0 Å². The van der Waals surface area contributed by atoms with Gasteiger partial charge in [0.2, 0.25) is 5.91 Å². The number of benzene rings is 1. The van der Waals surface area contributed by atoms with Gasteiger partial charge in [0.15, 0.2) is 0 Å². The van der Waals surface area contributed by atoms with Crippen molar-refractivity contribution < 1.29 is 14.6 Å². The number of thioether (sulfide) groups is 1. The Hall–Kier alpha value is -1.20. The zero-order valence-corrected chi connectivity index (χ0v) is 12.6. The lowest BCUT2D eigenvalue weighted by Gasteiger charge is -2.31. The molecule has 0 aliphatic carbocycles. The van der Waals surface area contributed by atoms with E-state index in [1.165, 1.54) is 0 Å². The van der Waals surface area contributed by atoms with Gasteiger partial charge in [0, 0.05) is 24.6 Å². The minimum Gasteiger partial charge on any atom is -0.497 e. The van der Waals surface area contributed by atoms with Gasteiger partial charge in [0.25, 0.3) is 0 Å². The minimum atomic E-state index is 0.156. The van der Waals surface area contributed by atoms with Crippen molar-refractivity contribution in [1.29, 1.82) is 0 Å². The number of amides is 1. The zero-order chi connectivity index (χ0) is 14.4. The van der Waals surface area contributed by atoms with Crippen molar-refractivity contribution in [2.45, 2.75) is 17.7 Å². The predicted octanol–water partition coefficient (Wildman–Crippen LogP) is 2.02. The molecule has 1 amide bonds. The quantitative estimate of drug-likeness (QED) is 0.844. The Morgan fingerprint density at radius 1 is 1.45 bits per heavy atom. The normalized spacial score (nSPS) is 18.9. The number of nitrogens with zero attached hydrogens (tertiary/aromatic N) is 1. The molecule has 0 radical (unpaired) electrons. The molecule has 1 N–H and O–H groups in total. The molecule has 5 heteroatoms. The number of ether oxygens (including phenoxy) is 1. The lowest BCUT2D eigenvalue weighted by atomic mass is 9.99. The molecule has 0 saturated carbocycles. The van der Waals surface area contributed by atoms with Crippen molar-refractivity contribution in [2.75, 3.05) is 32.6 Å². The maximum Gasteiger partial charge on any atom is 0.232 e. The van der Waals surface area contributed by atoms with E-state index in [0.717, 1.165) is 30.0 Å². The molecule has 2 rings (SSSR count). The second-order valence-electron chi connectivity index (χ2n) is 4.99. The first-order chi connectivity index (χ1) is 9.72. The summed E-state index contributed by atoms with van der Waals surface area (Å²) in [7, 11) is 1.64. The van der Waals surface area contributed by atoms with E-state index in [9.17, 15) is 9.90 Å². The second-order valence-corrected chi connectivity index (χ2v) is 6.04. The Morgan fingerprint density at radius 2 is 2.20 bits per heavy atom. The maximum absolute atomic E-state index is 12.2. The standard InChI is InChI=1S/C15H21NO3S/c1-19-13-4-6-14(7-5-13)20-11-15(18)16-8-2-3-12(9-16)10-17/h4-7,12,17H,2-3,8-11H2,1H3. The van der Waals surface area contributed by atoms with Crippen LogP contribution >= 0.6 is 11.8 Å². The first-order valence-corrected chi connectivity index (χ1v) is 7.87. The fraction of sp³-hybridized carbons (Fsp3) is 0.533. The Bertz CT molecular complexity index is 435. The number of rotatable bonds is 5. The number of piperidine rings is 1. The topological polar surface area (TPSA) is 49.8 Å². The Kier molecular flexibility index (Phi) is 5.73. The van der Waals surface area contributed by atoms with Gasteiger partial charge < -0.3 is 14.7 Å². The van der Waals surface area contributed by atoms with Crippen LogP contribution in [-0.2, 0) is 4.79 Å². The number of carbonyl (C=O) groups excluding carboxylic acids is 1. The van der Waals surface area contributed by atoms with Crippen LogP contribution in [0, 0.1) is 5.92 Å². The number of likely N-dealkylation sites (tertiary alicyclic amines) is 1. The lowest BCUT2D eigenvalue weighted by molar-refractivity contribution is -0.130. The molecule has 1 aliphatic heterocycles. The molecule has 20 heavy (non-hydrogen) atoms. The van der Waals surface area contributed by atoms with Crippen molar-refractivity contribution >= 4 is 17.7 Å². The number of hydrogen-bond acceptors (Lipinski definition) is 4. The molecule has 0 spiro atoms. The molecule has 1 fully saturated rings. The summed E-state index contributed by atoms with van der Waals surface area (Å²) in [6.07, 6.45) is 2.01. The highest BCUT2D eigenvalue weighted by atomic mass is 32.2. The molecule has 1 aromatic carbocycles. The monoisotopic (exact) mass is 295 g/mol. The van der Waals surface area contributed by atoms with Crippen LogP contribution < -0.4 is 4.74 Å². The molecule has 1 atom stereocenters. The number of methoxy groups -OCH3 is 1. The van der Waals surface area contributed by atoms with Gasteiger partial charge in [-0.2, -0.15) is 0 Å². The van der Waals surface area contributed by atoms with Gasteiger partial charge in [-0.25, -0.2) is 0 Å². The van der Waals surface area contributed by atoms with E-state index in [4.69, 9.17) is 4.74 Å². The fourth-order valence-electron chi connectivity index (χ4n) is 2.35. The van der Waals surface area contributed by atoms with Gasteiger partial charge in [-0.3, -0.25) is 4.79 Å². The van der Waals surface area contributed by atoms with Gasteiger partial charge in [-0.15, -0.1) is 11.8 Å². The molecule has 1 saturated heterocycles. The average molecular weight is 295 g/mol. The zero-order valence-electron chi connectivity index (χ0n) is 11.7. The Balaban J connectivity index is 1.81. The summed E-state index contributed by atoms with van der Waals surface area (Å²) < 4.78 is 5.11. The molecule has 0 aromatic heterocycles. The van der Waals surface area contributed by atoms with Crippen LogP contribution in [0.5, 0.6) is 5.75 Å². The molecular weight excluding hydrogens is 274 g/mol. The van der Waals surface area contributed by atoms with Crippen molar-refractivity contribution in [3.05, 3.63) is 24.3 Å². The molecule has 1 aromatic rings. The van der Waals surface area contributed by atoms with Crippen molar-refractivity contribution in [1.82, 2.24) is 4.90 Å². The average Bonchev–Trinajstić information content (AvgIpc) is 2.53. The van der Waals surface area contributed by atoms with Gasteiger partial charge in [0.05, 0.1) is 12.9 Å². The van der Waals surface area contributed by atoms with Crippen LogP contribution in [0.2, 0.25) is 0 Å². The fourth-order valence-corrected chi connectivity index (χ4v) is 3.15. The molecule has 0 bridgehead atoms. The van der Waals surface area contributed by atoms with Crippen LogP contribution in [0.25, 0.3) is 0 Å². The number of aliphatic hydroxyl groups excluding tert-OH is 1. The summed E-state index contributed by atoms with van der Waals surface area (Å²) in [5, 5.41) is 9.19. The number of aliphatic hydroxyl groups is 1. The Labute approximate surface area is 124 Å². The van der Waals surface area contributed by atoms with Gasteiger partial charge in [-0.05, 0) is 43.0 Å². The lowest BCUT2D eigenvalue weighted by Crippen LogP contribution is -2.41. The van der Waals surface area contributed by atoms with Gasteiger partial charge in [0.1, 0.15) is 5.75 Å². The van der Waals surface area contributed by atoms with Crippen LogP contribution in [0.15, 0.2) is 29.2 Å². The third kappa shape index (κ3) is 4.15. The van der Waals surface area contributed by atoms with E-state index in [1.807, 2.05) is 29.2 Å². The van der Waals surface area contributed by atoms with Crippen LogP contribution in [-0.4, -0.2) is 48.5 Å². The minimum absolute atomic E-state index is 0.156. The number of hydrogen-bond donors (Lipinski definition) is 1. The summed E-state index contributed by atoms with van der Waals surface area (Å²) in [5.41, 5.74) is 0. The van der Waals surface area contributed by atoms with E-state index in [1.54, 1.807) is 18.9 Å². The smallest absolute Gasteiger partial charge is 0.232 e. The molecule has 1 unspecified atom stereocenters. The molecule has 1 heterocycles. The largest absolute Gasteiger partial charge is 0.497 e. The van der Waals surface area contributed by atoms with E-state index in [2.05, 4.69) is 0 Å². The summed E-state index contributed by atoms with van der Waals surface area (Å²) in [4.78, 5) is 15.1. The maximum atomic E-state index is 12.2. The summed E-state index contributed by atoms with van der Waals surface area (Å²) in [6.45, 7) is 1.69. The first kappa shape index (κ1) is 15.2. The molecule has 110 valence electrons. The third-order valence-corrected chi connectivity index (χ3v) is 4.55. The third-order valence-electron chi connectivity index (χ3n) is 3.55. The van der Waals surface area contributed by atoms with Crippen molar-refractivity contribution in [3.8, 4) is 5.75 Å². The predicted molar refractivity (Wildman–Crippen MR) is 80.1 cm³/mol. The van der Waals surface area contributed by atoms with Gasteiger partial charge in [-0.1, -0.05) is 0 Å². The van der Waals surface area contributed by atoms with Crippen LogP contribution in [0.3, 0.4) is 0 Å². The number of carbonyl (C=O) groups is 1. The second kappa shape index (κ2) is 7.55. The van der Waals surface area contributed by atoms with E-state index in [-0.39, 0.29) is 18.4 Å². The summed E-state index contributed by atoms with van der Waals surface area (Å²) in [6, 6.07) is 7.72. The SMILES string of the molecule is COc1ccc(SCC(=O)N2CCCC(CO)C2)cc1. The highest BCUT2D eigenvalue weighted by molar-refractivity contribution is 8.00. The highest BCUT2D eigenvalue weighted by Gasteiger charge is 2.22. The summed E-state index contributed by atoms with van der Waals surface area (Å²) in [5.74, 6) is 1.68. The molecular formula is C15H21NO3S. The van der Waals surface area contributed by atoms with Crippen molar-refractivity contribution in [3.63, 3.8) is 0 Å². The summed E-state index contributed by atoms with van der Waals surface area (Å²) >= 11 is 1.54. The molecule has 4 nitrogen and oxygen atoms in total. The van der Waals surface area contributed by atoms with Crippen molar-refractivity contribution in [2.24, 2.45) is 5.92 Å². The first-order valence-electron chi connectivity index (χ1n) is 6.88.